The van der Waals surface area contributed by atoms with Gasteiger partial charge in [-0.3, -0.25) is 0 Å². The SMILES string of the molecule is CCS(=O)(=O)c1cc(-c2cc(Cl)cc(Cl)c2)cnc1-n1nc2cc(OCC(F)(F)C(F)(F)F)ccn2c1=O. The zero-order valence-corrected chi connectivity index (χ0v) is 21.3. The molecule has 0 aliphatic rings. The first-order valence-corrected chi connectivity index (χ1v) is 12.9. The van der Waals surface area contributed by atoms with E-state index >= 15 is 0 Å². The molecule has 0 amide bonds. The van der Waals surface area contributed by atoms with Crippen LogP contribution in [0.25, 0.3) is 22.6 Å². The Bertz CT molecular complexity index is 1680. The first-order valence-electron chi connectivity index (χ1n) is 10.5. The molecule has 0 aliphatic heterocycles. The fraction of sp³-hybridized carbons (Fsp3) is 0.227. The molecule has 0 radical (unpaired) electrons. The van der Waals surface area contributed by atoms with Gasteiger partial charge in [-0.2, -0.15) is 26.6 Å². The van der Waals surface area contributed by atoms with Crippen molar-refractivity contribution in [3.63, 3.8) is 0 Å². The van der Waals surface area contributed by atoms with Gasteiger partial charge in [0.2, 0.25) is 0 Å². The van der Waals surface area contributed by atoms with E-state index in [9.17, 15) is 35.2 Å². The fourth-order valence-electron chi connectivity index (χ4n) is 3.30. The van der Waals surface area contributed by atoms with E-state index in [-0.39, 0.29) is 22.1 Å². The van der Waals surface area contributed by atoms with Crippen LogP contribution in [-0.4, -0.2) is 52.0 Å². The minimum Gasteiger partial charge on any atom is -0.487 e. The third-order valence-electron chi connectivity index (χ3n) is 5.28. The quantitative estimate of drug-likeness (QED) is 0.271. The number of benzene rings is 1. The third kappa shape index (κ3) is 5.33. The van der Waals surface area contributed by atoms with Gasteiger partial charge in [0, 0.05) is 34.1 Å². The average Bonchev–Trinajstić information content (AvgIpc) is 3.16. The lowest BCUT2D eigenvalue weighted by atomic mass is 10.1. The largest absolute Gasteiger partial charge is 0.487 e. The first kappa shape index (κ1) is 27.8. The number of hydrogen-bond acceptors (Lipinski definition) is 6. The Labute approximate surface area is 221 Å². The molecule has 4 aromatic rings. The summed E-state index contributed by atoms with van der Waals surface area (Å²) in [5.74, 6) is -6.25. The predicted molar refractivity (Wildman–Crippen MR) is 128 cm³/mol. The topological polar surface area (TPSA) is 95.6 Å². The molecule has 0 spiro atoms. The maximum absolute atomic E-state index is 13.2. The minimum atomic E-state index is -5.81. The van der Waals surface area contributed by atoms with Crippen LogP contribution in [0.1, 0.15) is 6.92 Å². The van der Waals surface area contributed by atoms with Gasteiger partial charge in [0.25, 0.3) is 0 Å². The molecule has 0 N–H and O–H groups in total. The van der Waals surface area contributed by atoms with E-state index < -0.39 is 40.0 Å². The molecule has 0 bridgehead atoms. The zero-order valence-electron chi connectivity index (χ0n) is 19.0. The summed E-state index contributed by atoms with van der Waals surface area (Å²) >= 11 is 12.1. The number of halogens is 7. The van der Waals surface area contributed by atoms with Crippen molar-refractivity contribution in [1.82, 2.24) is 19.2 Å². The minimum absolute atomic E-state index is 0.227. The summed E-state index contributed by atoms with van der Waals surface area (Å²) in [4.78, 5) is 16.8. The van der Waals surface area contributed by atoms with Gasteiger partial charge in [-0.15, -0.1) is 5.10 Å². The molecule has 0 saturated carbocycles. The van der Waals surface area contributed by atoms with E-state index in [1.54, 1.807) is 0 Å². The molecule has 0 aliphatic carbocycles. The van der Waals surface area contributed by atoms with E-state index in [0.29, 0.717) is 25.9 Å². The van der Waals surface area contributed by atoms with Crippen LogP contribution in [0, 0.1) is 0 Å². The van der Waals surface area contributed by atoms with E-state index in [1.807, 2.05) is 0 Å². The summed E-state index contributed by atoms with van der Waals surface area (Å²) in [5.41, 5.74) is -0.335. The Balaban J connectivity index is 1.80. The summed E-state index contributed by atoms with van der Waals surface area (Å²) < 4.78 is 95.6. The Morgan fingerprint density at radius 2 is 1.66 bits per heavy atom. The number of sulfone groups is 1. The second-order valence-corrected chi connectivity index (χ2v) is 11.0. The van der Waals surface area contributed by atoms with Gasteiger partial charge in [0.15, 0.2) is 27.9 Å². The molecule has 3 heterocycles. The van der Waals surface area contributed by atoms with Crippen molar-refractivity contribution >= 4 is 38.7 Å². The van der Waals surface area contributed by atoms with E-state index in [0.717, 1.165) is 22.7 Å². The monoisotopic (exact) mass is 596 g/mol. The van der Waals surface area contributed by atoms with Crippen molar-refractivity contribution in [2.24, 2.45) is 0 Å². The normalized spacial score (nSPS) is 12.7. The number of ether oxygens (including phenoxy) is 1. The van der Waals surface area contributed by atoms with Gasteiger partial charge >= 0.3 is 17.8 Å². The van der Waals surface area contributed by atoms with Crippen LogP contribution in [0.2, 0.25) is 10.0 Å². The van der Waals surface area contributed by atoms with Gasteiger partial charge in [0.05, 0.1) is 5.75 Å². The van der Waals surface area contributed by atoms with Crippen LogP contribution in [0.5, 0.6) is 5.75 Å². The Morgan fingerprint density at radius 1 is 1.00 bits per heavy atom. The maximum Gasteiger partial charge on any atom is 0.456 e. The highest BCUT2D eigenvalue weighted by Gasteiger charge is 2.58. The Hall–Kier alpha value is -3.23. The molecule has 4 rings (SSSR count). The van der Waals surface area contributed by atoms with Crippen molar-refractivity contribution < 1.29 is 35.1 Å². The molecule has 3 aromatic heterocycles. The second kappa shape index (κ2) is 9.82. The maximum atomic E-state index is 13.2. The highest BCUT2D eigenvalue weighted by molar-refractivity contribution is 7.91. The lowest BCUT2D eigenvalue weighted by Crippen LogP contribution is -2.41. The molecule has 0 saturated heterocycles. The molecule has 1 aromatic carbocycles. The zero-order chi connectivity index (χ0) is 28.0. The lowest BCUT2D eigenvalue weighted by molar-refractivity contribution is -0.290. The van der Waals surface area contributed by atoms with Gasteiger partial charge in [-0.05, 0) is 35.9 Å². The van der Waals surface area contributed by atoms with Gasteiger partial charge < -0.3 is 4.74 Å². The fourth-order valence-corrected chi connectivity index (χ4v) is 4.86. The molecule has 0 unspecified atom stereocenters. The van der Waals surface area contributed by atoms with Crippen molar-refractivity contribution in [3.05, 3.63) is 69.3 Å². The number of aromatic nitrogens is 4. The number of fused-ring (bicyclic) bond motifs is 1. The molecular formula is C22H15Cl2F5N4O4S. The summed E-state index contributed by atoms with van der Waals surface area (Å²) in [6, 6.07) is 7.75. The van der Waals surface area contributed by atoms with Crippen molar-refractivity contribution in [2.75, 3.05) is 12.4 Å². The summed E-state index contributed by atoms with van der Waals surface area (Å²) in [6.45, 7) is -0.609. The van der Waals surface area contributed by atoms with Gasteiger partial charge in [0.1, 0.15) is 10.6 Å². The van der Waals surface area contributed by atoms with Crippen LogP contribution in [0.15, 0.2) is 58.5 Å². The van der Waals surface area contributed by atoms with Crippen LogP contribution < -0.4 is 10.4 Å². The predicted octanol–water partition coefficient (Wildman–Crippen LogP) is 5.22. The van der Waals surface area contributed by atoms with E-state index in [4.69, 9.17) is 23.2 Å². The van der Waals surface area contributed by atoms with E-state index in [1.165, 1.54) is 37.4 Å². The van der Waals surface area contributed by atoms with Crippen LogP contribution in [-0.2, 0) is 9.84 Å². The molecule has 202 valence electrons. The van der Waals surface area contributed by atoms with Crippen molar-refractivity contribution in [1.29, 1.82) is 0 Å². The van der Waals surface area contributed by atoms with Crippen LogP contribution in [0.4, 0.5) is 22.0 Å². The standard InChI is InChI=1S/C22H15Cl2F5N4O4S/c1-2-38(35,36)17-7-13(12-5-14(23)8-15(24)6-12)10-30-19(17)33-20(34)32-4-3-16(9-18(32)31-33)37-11-21(25,26)22(27,28)29/h3-10H,2,11H2,1H3. The summed E-state index contributed by atoms with van der Waals surface area (Å²) in [5, 5.41) is 4.57. The van der Waals surface area contributed by atoms with Gasteiger partial charge in [-0.1, -0.05) is 30.1 Å². The third-order valence-corrected chi connectivity index (χ3v) is 7.44. The molecular weight excluding hydrogens is 582 g/mol. The Kier molecular flexibility index (Phi) is 7.18. The van der Waals surface area contributed by atoms with Crippen LogP contribution >= 0.6 is 23.2 Å². The second-order valence-electron chi connectivity index (χ2n) is 7.88. The molecule has 8 nitrogen and oxygen atoms in total. The highest BCUT2D eigenvalue weighted by atomic mass is 35.5. The number of rotatable bonds is 7. The number of alkyl halides is 5. The number of hydrogen-bond donors (Lipinski definition) is 0. The molecule has 0 atom stereocenters. The summed E-state index contributed by atoms with van der Waals surface area (Å²) in [6.07, 6.45) is -3.51. The smallest absolute Gasteiger partial charge is 0.456 e. The number of pyridine rings is 2. The average molecular weight is 597 g/mol. The molecule has 16 heteroatoms. The highest BCUT2D eigenvalue weighted by Crippen LogP contribution is 2.36. The molecule has 38 heavy (non-hydrogen) atoms. The van der Waals surface area contributed by atoms with Gasteiger partial charge in [-0.25, -0.2) is 22.6 Å². The van der Waals surface area contributed by atoms with Crippen molar-refractivity contribution in [2.45, 2.75) is 23.9 Å². The Morgan fingerprint density at radius 3 is 2.26 bits per heavy atom. The number of nitrogens with zero attached hydrogens (tertiary/aromatic N) is 4. The first-order chi connectivity index (χ1) is 17.6. The molecule has 0 fully saturated rings. The summed E-state index contributed by atoms with van der Waals surface area (Å²) in [7, 11) is -3.98. The van der Waals surface area contributed by atoms with Crippen LogP contribution in [0.3, 0.4) is 0 Å². The van der Waals surface area contributed by atoms with E-state index in [2.05, 4.69) is 14.8 Å². The van der Waals surface area contributed by atoms with Crippen molar-refractivity contribution in [3.8, 4) is 22.7 Å². The lowest BCUT2D eigenvalue weighted by Gasteiger charge is -2.19.